The van der Waals surface area contributed by atoms with Crippen molar-refractivity contribution in [2.75, 3.05) is 25.4 Å². The third-order valence-electron chi connectivity index (χ3n) is 3.05. The molecule has 0 aromatic rings. The fourth-order valence-corrected chi connectivity index (χ4v) is 3.86. The van der Waals surface area contributed by atoms with Crippen molar-refractivity contribution >= 4 is 15.9 Å². The summed E-state index contributed by atoms with van der Waals surface area (Å²) in [5, 5.41) is 20.3. The summed E-state index contributed by atoms with van der Waals surface area (Å²) >= 11 is 0. The smallest absolute Gasteiger partial charge is 0.238 e. The van der Waals surface area contributed by atoms with E-state index >= 15 is 0 Å². The van der Waals surface area contributed by atoms with Crippen LogP contribution in [0.15, 0.2) is 0 Å². The van der Waals surface area contributed by atoms with Crippen LogP contribution < -0.4 is 5.32 Å². The van der Waals surface area contributed by atoms with Crippen LogP contribution >= 0.6 is 0 Å². The Kier molecular flexibility index (Phi) is 6.18. The Hall–Kier alpha value is -0.700. The zero-order valence-corrected chi connectivity index (χ0v) is 11.9. The normalized spacial score (nSPS) is 22.4. The van der Waals surface area contributed by atoms with Crippen LogP contribution in [0.4, 0.5) is 0 Å². The number of carbonyl (C=O) groups is 1. The SMILES string of the molecule is CCCS(=O)(=O)N1CCCC1C(=O)NCC(O)CO. The molecule has 1 fully saturated rings. The molecule has 1 rings (SSSR count). The summed E-state index contributed by atoms with van der Waals surface area (Å²) in [5.41, 5.74) is 0. The Labute approximate surface area is 113 Å². The van der Waals surface area contributed by atoms with Crippen molar-refractivity contribution in [3.63, 3.8) is 0 Å². The zero-order valence-electron chi connectivity index (χ0n) is 11.1. The Bertz CT molecular complexity index is 398. The summed E-state index contributed by atoms with van der Waals surface area (Å²) < 4.78 is 25.2. The van der Waals surface area contributed by atoms with Gasteiger partial charge in [-0.25, -0.2) is 8.42 Å². The summed E-state index contributed by atoms with van der Waals surface area (Å²) in [6, 6.07) is -0.692. The number of aliphatic hydroxyl groups excluding tert-OH is 2. The molecule has 0 spiro atoms. The van der Waals surface area contributed by atoms with E-state index in [1.54, 1.807) is 6.92 Å². The molecule has 1 saturated heterocycles. The molecule has 1 heterocycles. The van der Waals surface area contributed by atoms with E-state index in [0.717, 1.165) is 0 Å². The van der Waals surface area contributed by atoms with Crippen molar-refractivity contribution in [1.29, 1.82) is 0 Å². The van der Waals surface area contributed by atoms with Crippen LogP contribution in [0.1, 0.15) is 26.2 Å². The Morgan fingerprint density at radius 1 is 1.53 bits per heavy atom. The molecular weight excluding hydrogens is 272 g/mol. The average molecular weight is 294 g/mol. The lowest BCUT2D eigenvalue weighted by Crippen LogP contribution is -2.48. The van der Waals surface area contributed by atoms with E-state index in [9.17, 15) is 13.2 Å². The van der Waals surface area contributed by atoms with E-state index in [-0.39, 0.29) is 12.3 Å². The number of carbonyl (C=O) groups excluding carboxylic acids is 1. The maximum atomic E-state index is 12.0. The summed E-state index contributed by atoms with van der Waals surface area (Å²) in [4.78, 5) is 11.9. The second kappa shape index (κ2) is 7.18. The maximum Gasteiger partial charge on any atom is 0.238 e. The number of rotatable bonds is 7. The molecule has 0 saturated carbocycles. The van der Waals surface area contributed by atoms with Crippen LogP contribution in [0, 0.1) is 0 Å². The Morgan fingerprint density at radius 2 is 2.21 bits per heavy atom. The first kappa shape index (κ1) is 16.4. The maximum absolute atomic E-state index is 12.0. The van der Waals surface area contributed by atoms with Crippen LogP contribution in [0.3, 0.4) is 0 Å². The highest BCUT2D eigenvalue weighted by Crippen LogP contribution is 2.21. The number of hydrogen-bond acceptors (Lipinski definition) is 5. The van der Waals surface area contributed by atoms with Crippen molar-refractivity contribution in [2.24, 2.45) is 0 Å². The molecule has 3 N–H and O–H groups in total. The lowest BCUT2D eigenvalue weighted by Gasteiger charge is -2.23. The standard InChI is InChI=1S/C11H22N2O5S/c1-2-6-19(17,18)13-5-3-4-10(13)11(16)12-7-9(15)8-14/h9-10,14-15H,2-8H2,1H3,(H,12,16). The molecule has 7 nitrogen and oxygen atoms in total. The summed E-state index contributed by atoms with van der Waals surface area (Å²) in [6.07, 6.45) is 0.635. The van der Waals surface area contributed by atoms with Crippen molar-refractivity contribution in [3.05, 3.63) is 0 Å². The highest BCUT2D eigenvalue weighted by atomic mass is 32.2. The van der Waals surface area contributed by atoms with Gasteiger partial charge in [0.25, 0.3) is 0 Å². The van der Waals surface area contributed by atoms with Gasteiger partial charge in [0.05, 0.1) is 18.5 Å². The second-order valence-electron chi connectivity index (χ2n) is 4.67. The number of sulfonamides is 1. The van der Waals surface area contributed by atoms with Crippen molar-refractivity contribution in [3.8, 4) is 0 Å². The zero-order chi connectivity index (χ0) is 14.5. The van der Waals surface area contributed by atoms with E-state index in [4.69, 9.17) is 10.2 Å². The summed E-state index contributed by atoms with van der Waals surface area (Å²) in [7, 11) is -3.39. The van der Waals surface area contributed by atoms with Crippen molar-refractivity contribution in [2.45, 2.75) is 38.3 Å². The lowest BCUT2D eigenvalue weighted by molar-refractivity contribution is -0.124. The number of aliphatic hydroxyl groups is 2. The molecule has 112 valence electrons. The third-order valence-corrected chi connectivity index (χ3v) is 5.12. The summed E-state index contributed by atoms with van der Waals surface area (Å²) in [5.74, 6) is -0.375. The van der Waals surface area contributed by atoms with Gasteiger partial charge in [0.2, 0.25) is 15.9 Å². The highest BCUT2D eigenvalue weighted by molar-refractivity contribution is 7.89. The van der Waals surface area contributed by atoms with E-state index < -0.39 is 34.7 Å². The van der Waals surface area contributed by atoms with Crippen LogP contribution in [-0.2, 0) is 14.8 Å². The number of nitrogens with zero attached hydrogens (tertiary/aromatic N) is 1. The minimum absolute atomic E-state index is 0.0377. The van der Waals surface area contributed by atoms with Gasteiger partial charge in [0, 0.05) is 13.1 Å². The topological polar surface area (TPSA) is 107 Å². The molecule has 1 aliphatic heterocycles. The molecule has 1 aliphatic rings. The Balaban J connectivity index is 2.63. The van der Waals surface area contributed by atoms with Gasteiger partial charge in [0.15, 0.2) is 0 Å². The first-order valence-electron chi connectivity index (χ1n) is 6.48. The monoisotopic (exact) mass is 294 g/mol. The van der Waals surface area contributed by atoms with Gasteiger partial charge in [-0.1, -0.05) is 6.92 Å². The van der Waals surface area contributed by atoms with Crippen LogP contribution in [0.5, 0.6) is 0 Å². The average Bonchev–Trinajstić information content (AvgIpc) is 2.85. The van der Waals surface area contributed by atoms with Crippen molar-refractivity contribution in [1.82, 2.24) is 9.62 Å². The molecule has 8 heteroatoms. The highest BCUT2D eigenvalue weighted by Gasteiger charge is 2.37. The number of amides is 1. The van der Waals surface area contributed by atoms with E-state index in [2.05, 4.69) is 5.32 Å². The quantitative estimate of drug-likeness (QED) is 0.539. The molecule has 2 unspecified atom stereocenters. The molecule has 0 aromatic carbocycles. The van der Waals surface area contributed by atoms with Gasteiger partial charge in [-0.05, 0) is 19.3 Å². The molecule has 0 aromatic heterocycles. The Morgan fingerprint density at radius 3 is 2.79 bits per heavy atom. The molecular formula is C11H22N2O5S. The minimum atomic E-state index is -3.39. The van der Waals surface area contributed by atoms with E-state index in [1.165, 1.54) is 4.31 Å². The second-order valence-corrected chi connectivity index (χ2v) is 6.71. The van der Waals surface area contributed by atoms with Crippen molar-refractivity contribution < 1.29 is 23.4 Å². The van der Waals surface area contributed by atoms with Gasteiger partial charge < -0.3 is 15.5 Å². The largest absolute Gasteiger partial charge is 0.394 e. The van der Waals surface area contributed by atoms with Gasteiger partial charge >= 0.3 is 0 Å². The van der Waals surface area contributed by atoms with E-state index in [0.29, 0.717) is 25.8 Å². The first-order valence-corrected chi connectivity index (χ1v) is 8.09. The lowest BCUT2D eigenvalue weighted by atomic mass is 10.2. The first-order chi connectivity index (χ1) is 8.92. The number of hydrogen-bond donors (Lipinski definition) is 3. The third kappa shape index (κ3) is 4.41. The van der Waals surface area contributed by atoms with Gasteiger partial charge in [-0.3, -0.25) is 4.79 Å². The molecule has 1 amide bonds. The van der Waals surface area contributed by atoms with Crippen LogP contribution in [0.25, 0.3) is 0 Å². The molecule has 2 atom stereocenters. The van der Waals surface area contributed by atoms with Gasteiger partial charge in [-0.15, -0.1) is 0 Å². The predicted molar refractivity (Wildman–Crippen MR) is 69.9 cm³/mol. The van der Waals surface area contributed by atoms with Gasteiger partial charge in [-0.2, -0.15) is 4.31 Å². The minimum Gasteiger partial charge on any atom is -0.394 e. The predicted octanol–water partition coefficient (Wildman–Crippen LogP) is -1.34. The molecule has 0 aliphatic carbocycles. The molecule has 19 heavy (non-hydrogen) atoms. The van der Waals surface area contributed by atoms with Crippen LogP contribution in [0.2, 0.25) is 0 Å². The summed E-state index contributed by atoms with van der Waals surface area (Å²) in [6.45, 7) is 1.62. The number of nitrogens with one attached hydrogen (secondary N) is 1. The van der Waals surface area contributed by atoms with Crippen LogP contribution in [-0.4, -0.2) is 66.4 Å². The fourth-order valence-electron chi connectivity index (χ4n) is 2.11. The van der Waals surface area contributed by atoms with Gasteiger partial charge in [0.1, 0.15) is 6.04 Å². The van der Waals surface area contributed by atoms with E-state index in [1.807, 2.05) is 0 Å². The molecule has 0 radical (unpaired) electrons. The fraction of sp³-hybridized carbons (Fsp3) is 0.909. The molecule has 0 bridgehead atoms.